The summed E-state index contributed by atoms with van der Waals surface area (Å²) in [7, 11) is 0. The Morgan fingerprint density at radius 3 is 2.80 bits per heavy atom. The number of rotatable bonds is 5. The number of thiophene rings is 1. The van der Waals surface area contributed by atoms with Crippen molar-refractivity contribution < 1.29 is 9.90 Å². The van der Waals surface area contributed by atoms with Gasteiger partial charge in [0.15, 0.2) is 0 Å². The molecule has 2 aromatic rings. The standard InChI is InChI=1S/C20H24N2O2S/c23-16-10-15(11-16)18(9-13-5-7-21-8-6-13)22-20(24)19-17-4-2-1-3-14(17)12-25-19/h5-8,12,15-16,18,23H,1-4,9-11H2,(H,22,24). The van der Waals surface area contributed by atoms with Crippen molar-refractivity contribution in [3.05, 3.63) is 51.5 Å². The number of amides is 1. The lowest BCUT2D eigenvalue weighted by Crippen LogP contribution is -2.48. The van der Waals surface area contributed by atoms with Crippen LogP contribution in [-0.2, 0) is 19.3 Å². The fraction of sp³-hybridized carbons (Fsp3) is 0.500. The Hall–Kier alpha value is -1.72. The van der Waals surface area contributed by atoms with Crippen LogP contribution in [0.2, 0.25) is 0 Å². The molecule has 132 valence electrons. The predicted octanol–water partition coefficient (Wildman–Crippen LogP) is 3.13. The highest BCUT2D eigenvalue weighted by atomic mass is 32.1. The summed E-state index contributed by atoms with van der Waals surface area (Å²) in [5.74, 6) is 0.413. The predicted molar refractivity (Wildman–Crippen MR) is 98.9 cm³/mol. The zero-order valence-electron chi connectivity index (χ0n) is 14.3. The zero-order chi connectivity index (χ0) is 17.2. The quantitative estimate of drug-likeness (QED) is 0.865. The highest BCUT2D eigenvalue weighted by Crippen LogP contribution is 2.33. The monoisotopic (exact) mass is 356 g/mol. The van der Waals surface area contributed by atoms with E-state index in [1.807, 2.05) is 12.1 Å². The number of aliphatic hydroxyl groups excluding tert-OH is 1. The fourth-order valence-electron chi connectivity index (χ4n) is 4.01. The largest absolute Gasteiger partial charge is 0.393 e. The molecule has 0 radical (unpaired) electrons. The van der Waals surface area contributed by atoms with E-state index < -0.39 is 0 Å². The molecule has 1 atom stereocenters. The van der Waals surface area contributed by atoms with Gasteiger partial charge in [-0.2, -0.15) is 0 Å². The first-order chi connectivity index (χ1) is 12.2. The first-order valence-electron chi connectivity index (χ1n) is 9.18. The molecule has 4 nitrogen and oxygen atoms in total. The second-order valence-corrected chi connectivity index (χ2v) is 8.18. The van der Waals surface area contributed by atoms with Crippen molar-refractivity contribution in [2.45, 2.75) is 57.1 Å². The molecule has 1 saturated carbocycles. The number of hydrogen-bond donors (Lipinski definition) is 2. The molecule has 5 heteroatoms. The number of fused-ring (bicyclic) bond motifs is 1. The highest BCUT2D eigenvalue weighted by molar-refractivity contribution is 7.12. The average Bonchev–Trinajstić information content (AvgIpc) is 3.03. The van der Waals surface area contributed by atoms with E-state index in [4.69, 9.17) is 0 Å². The molecule has 1 amide bonds. The first kappa shape index (κ1) is 16.7. The van der Waals surface area contributed by atoms with Gasteiger partial charge in [0.25, 0.3) is 5.91 Å². The van der Waals surface area contributed by atoms with Crippen LogP contribution in [0.25, 0.3) is 0 Å². The summed E-state index contributed by atoms with van der Waals surface area (Å²) in [4.78, 5) is 17.9. The van der Waals surface area contributed by atoms with Crippen LogP contribution in [0, 0.1) is 5.92 Å². The van der Waals surface area contributed by atoms with Gasteiger partial charge in [0.05, 0.1) is 11.0 Å². The van der Waals surface area contributed by atoms with Gasteiger partial charge in [0, 0.05) is 18.4 Å². The summed E-state index contributed by atoms with van der Waals surface area (Å²) < 4.78 is 0. The van der Waals surface area contributed by atoms with Gasteiger partial charge in [-0.25, -0.2) is 0 Å². The Labute approximate surface area is 152 Å². The van der Waals surface area contributed by atoms with Crippen molar-refractivity contribution in [1.29, 1.82) is 0 Å². The minimum atomic E-state index is -0.212. The van der Waals surface area contributed by atoms with Gasteiger partial charge in [0.2, 0.25) is 0 Å². The molecule has 0 saturated heterocycles. The topological polar surface area (TPSA) is 62.2 Å². The van der Waals surface area contributed by atoms with E-state index >= 15 is 0 Å². The van der Waals surface area contributed by atoms with Crippen LogP contribution in [0.15, 0.2) is 29.9 Å². The fourth-order valence-corrected chi connectivity index (χ4v) is 5.07. The van der Waals surface area contributed by atoms with E-state index in [1.165, 1.54) is 29.5 Å². The molecule has 2 aliphatic rings. The third-order valence-electron chi connectivity index (χ3n) is 5.55. The van der Waals surface area contributed by atoms with Crippen molar-refractivity contribution in [3.8, 4) is 0 Å². The Kier molecular flexibility index (Phi) is 4.86. The lowest BCUT2D eigenvalue weighted by molar-refractivity contribution is 0.0239. The number of aliphatic hydroxyl groups is 1. The Morgan fingerprint density at radius 1 is 1.28 bits per heavy atom. The Bertz CT molecular complexity index is 737. The Balaban J connectivity index is 1.50. The van der Waals surface area contributed by atoms with E-state index in [1.54, 1.807) is 23.7 Å². The van der Waals surface area contributed by atoms with Crippen LogP contribution in [0.4, 0.5) is 0 Å². The number of aryl methyl sites for hydroxylation is 1. The highest BCUT2D eigenvalue weighted by Gasteiger charge is 2.35. The number of carbonyl (C=O) groups is 1. The molecule has 1 fully saturated rings. The molecule has 4 rings (SSSR count). The molecule has 2 aliphatic carbocycles. The van der Waals surface area contributed by atoms with Crippen LogP contribution >= 0.6 is 11.3 Å². The molecule has 0 bridgehead atoms. The molecule has 2 N–H and O–H groups in total. The first-order valence-corrected chi connectivity index (χ1v) is 10.1. The number of pyridine rings is 1. The van der Waals surface area contributed by atoms with Crippen molar-refractivity contribution >= 4 is 17.2 Å². The number of hydrogen-bond acceptors (Lipinski definition) is 4. The van der Waals surface area contributed by atoms with E-state index in [-0.39, 0.29) is 18.1 Å². The maximum atomic E-state index is 12.9. The molecule has 0 spiro atoms. The summed E-state index contributed by atoms with van der Waals surface area (Å²) in [5, 5.41) is 15.1. The third-order valence-corrected chi connectivity index (χ3v) is 6.62. The summed E-state index contributed by atoms with van der Waals surface area (Å²) in [6.45, 7) is 0. The number of nitrogens with one attached hydrogen (secondary N) is 1. The van der Waals surface area contributed by atoms with Crippen molar-refractivity contribution in [3.63, 3.8) is 0 Å². The number of aromatic nitrogens is 1. The molecule has 1 unspecified atom stereocenters. The van der Waals surface area contributed by atoms with Crippen molar-refractivity contribution in [2.24, 2.45) is 5.92 Å². The normalized spacial score (nSPS) is 23.4. The smallest absolute Gasteiger partial charge is 0.261 e. The van der Waals surface area contributed by atoms with E-state index in [0.29, 0.717) is 5.92 Å². The van der Waals surface area contributed by atoms with Gasteiger partial charge in [-0.05, 0) is 85.1 Å². The van der Waals surface area contributed by atoms with E-state index in [2.05, 4.69) is 15.7 Å². The van der Waals surface area contributed by atoms with E-state index in [9.17, 15) is 9.90 Å². The third kappa shape index (κ3) is 3.62. The zero-order valence-corrected chi connectivity index (χ0v) is 15.1. The maximum absolute atomic E-state index is 12.9. The summed E-state index contributed by atoms with van der Waals surface area (Å²) >= 11 is 1.59. The molecule has 25 heavy (non-hydrogen) atoms. The SMILES string of the molecule is O=C(NC(Cc1ccncc1)C1CC(O)C1)c1scc2c1CCCC2. The minimum absolute atomic E-state index is 0.0635. The van der Waals surface area contributed by atoms with Gasteiger partial charge in [-0.3, -0.25) is 9.78 Å². The van der Waals surface area contributed by atoms with Gasteiger partial charge >= 0.3 is 0 Å². The van der Waals surface area contributed by atoms with Gasteiger partial charge < -0.3 is 10.4 Å². The molecule has 0 aliphatic heterocycles. The minimum Gasteiger partial charge on any atom is -0.393 e. The summed E-state index contributed by atoms with van der Waals surface area (Å²) in [6.07, 6.45) is 10.3. The van der Waals surface area contributed by atoms with Crippen LogP contribution in [0.3, 0.4) is 0 Å². The van der Waals surface area contributed by atoms with E-state index in [0.717, 1.165) is 37.0 Å². The van der Waals surface area contributed by atoms with Crippen LogP contribution < -0.4 is 5.32 Å². The van der Waals surface area contributed by atoms with Gasteiger partial charge in [0.1, 0.15) is 0 Å². The Morgan fingerprint density at radius 2 is 2.04 bits per heavy atom. The molecular formula is C20H24N2O2S. The van der Waals surface area contributed by atoms with Gasteiger partial charge in [-0.1, -0.05) is 0 Å². The number of carbonyl (C=O) groups excluding carboxylic acids is 1. The van der Waals surface area contributed by atoms with Crippen LogP contribution in [0.1, 0.15) is 52.0 Å². The lowest BCUT2D eigenvalue weighted by Gasteiger charge is -2.38. The van der Waals surface area contributed by atoms with Crippen LogP contribution in [0.5, 0.6) is 0 Å². The van der Waals surface area contributed by atoms with Crippen molar-refractivity contribution in [2.75, 3.05) is 0 Å². The summed E-state index contributed by atoms with van der Waals surface area (Å²) in [5.41, 5.74) is 3.81. The average molecular weight is 356 g/mol. The maximum Gasteiger partial charge on any atom is 0.261 e. The van der Waals surface area contributed by atoms with Gasteiger partial charge in [-0.15, -0.1) is 11.3 Å². The summed E-state index contributed by atoms with van der Waals surface area (Å²) in [6, 6.07) is 4.07. The second kappa shape index (κ2) is 7.26. The second-order valence-electron chi connectivity index (χ2n) is 7.30. The van der Waals surface area contributed by atoms with Crippen molar-refractivity contribution in [1.82, 2.24) is 10.3 Å². The molecule has 2 heterocycles. The van der Waals surface area contributed by atoms with Crippen LogP contribution in [-0.4, -0.2) is 28.1 Å². The number of nitrogens with zero attached hydrogens (tertiary/aromatic N) is 1. The molecule has 2 aromatic heterocycles. The molecular weight excluding hydrogens is 332 g/mol. The lowest BCUT2D eigenvalue weighted by atomic mass is 9.75. The molecule has 0 aromatic carbocycles.